The summed E-state index contributed by atoms with van der Waals surface area (Å²) in [4.78, 5) is 4.68. The number of fused-ring (bicyclic) bond motifs is 1. The van der Waals surface area contributed by atoms with Crippen molar-refractivity contribution in [1.82, 2.24) is 14.9 Å². The van der Waals surface area contributed by atoms with Crippen molar-refractivity contribution in [2.24, 2.45) is 0 Å². The van der Waals surface area contributed by atoms with Crippen LogP contribution in [0.5, 0.6) is 0 Å². The molecule has 0 saturated carbocycles. The summed E-state index contributed by atoms with van der Waals surface area (Å²) in [5.41, 5.74) is 2.10. The molecule has 1 aromatic heterocycles. The van der Waals surface area contributed by atoms with Gasteiger partial charge in [0.15, 0.2) is 0 Å². The summed E-state index contributed by atoms with van der Waals surface area (Å²) in [5, 5.41) is 3.97. The lowest BCUT2D eigenvalue weighted by Gasteiger charge is -2.17. The topological polar surface area (TPSA) is 29.9 Å². The first-order valence-electron chi connectivity index (χ1n) is 5.89. The van der Waals surface area contributed by atoms with Gasteiger partial charge in [-0.2, -0.15) is 0 Å². The smallest absolute Gasteiger partial charge is 0.127 e. The second-order valence-electron chi connectivity index (χ2n) is 4.58. The van der Waals surface area contributed by atoms with Crippen LogP contribution in [0.15, 0.2) is 18.2 Å². The van der Waals surface area contributed by atoms with Crippen molar-refractivity contribution in [2.75, 3.05) is 7.05 Å². The van der Waals surface area contributed by atoms with Crippen molar-refractivity contribution in [1.29, 1.82) is 0 Å². The largest absolute Gasteiger partial charge is 0.324 e. The average molecular weight is 252 g/mol. The highest BCUT2D eigenvalue weighted by Crippen LogP contribution is 2.26. The molecule has 1 heterocycles. The van der Waals surface area contributed by atoms with Gasteiger partial charge >= 0.3 is 0 Å². The first-order valence-corrected chi connectivity index (χ1v) is 6.27. The van der Waals surface area contributed by atoms with E-state index in [0.717, 1.165) is 21.9 Å². The number of rotatable bonds is 3. The number of imidazole rings is 1. The van der Waals surface area contributed by atoms with Crippen molar-refractivity contribution in [2.45, 2.75) is 32.9 Å². The first-order chi connectivity index (χ1) is 8.04. The lowest BCUT2D eigenvalue weighted by molar-refractivity contribution is 0.521. The lowest BCUT2D eigenvalue weighted by atomic mass is 10.2. The van der Waals surface area contributed by atoms with E-state index in [4.69, 9.17) is 11.6 Å². The van der Waals surface area contributed by atoms with Crippen molar-refractivity contribution in [3.63, 3.8) is 0 Å². The van der Waals surface area contributed by atoms with E-state index in [2.05, 4.69) is 35.6 Å². The normalized spacial score (nSPS) is 13.5. The van der Waals surface area contributed by atoms with Crippen LogP contribution in [0.2, 0.25) is 5.02 Å². The van der Waals surface area contributed by atoms with Gasteiger partial charge in [-0.25, -0.2) is 4.98 Å². The predicted octanol–water partition coefficient (Wildman–Crippen LogP) is 3.55. The summed E-state index contributed by atoms with van der Waals surface area (Å²) < 4.78 is 2.26. The van der Waals surface area contributed by atoms with Crippen LogP contribution in [-0.4, -0.2) is 16.6 Å². The Kier molecular flexibility index (Phi) is 3.40. The van der Waals surface area contributed by atoms with Crippen LogP contribution in [0.3, 0.4) is 0 Å². The van der Waals surface area contributed by atoms with Crippen LogP contribution in [0.25, 0.3) is 11.0 Å². The Morgan fingerprint density at radius 1 is 1.29 bits per heavy atom. The third kappa shape index (κ3) is 2.17. The molecule has 0 aliphatic carbocycles. The van der Waals surface area contributed by atoms with Crippen molar-refractivity contribution < 1.29 is 0 Å². The highest BCUT2D eigenvalue weighted by molar-refractivity contribution is 6.31. The molecule has 0 aliphatic rings. The van der Waals surface area contributed by atoms with Crippen LogP contribution < -0.4 is 5.32 Å². The number of hydrogen-bond acceptors (Lipinski definition) is 2. The summed E-state index contributed by atoms with van der Waals surface area (Å²) >= 11 is 6.01. The summed E-state index contributed by atoms with van der Waals surface area (Å²) in [7, 11) is 1.95. The van der Waals surface area contributed by atoms with Crippen LogP contribution in [0.4, 0.5) is 0 Å². The molecule has 0 bridgehead atoms. The molecule has 17 heavy (non-hydrogen) atoms. The Morgan fingerprint density at radius 3 is 2.59 bits per heavy atom. The summed E-state index contributed by atoms with van der Waals surface area (Å²) in [6, 6.07) is 6.48. The number of aromatic nitrogens is 2. The number of halogens is 1. The molecule has 4 heteroatoms. The van der Waals surface area contributed by atoms with E-state index >= 15 is 0 Å². The fourth-order valence-electron chi connectivity index (χ4n) is 2.07. The van der Waals surface area contributed by atoms with Gasteiger partial charge in [0.1, 0.15) is 5.82 Å². The lowest BCUT2D eigenvalue weighted by Crippen LogP contribution is -2.18. The minimum Gasteiger partial charge on any atom is -0.324 e. The maximum atomic E-state index is 6.01. The average Bonchev–Trinajstić information content (AvgIpc) is 2.66. The molecular formula is C13H18ClN3. The quantitative estimate of drug-likeness (QED) is 0.904. The number of hydrogen-bond donors (Lipinski definition) is 1. The van der Waals surface area contributed by atoms with E-state index in [-0.39, 0.29) is 6.04 Å². The summed E-state index contributed by atoms with van der Waals surface area (Å²) in [5.74, 6) is 1.06. The zero-order chi connectivity index (χ0) is 12.6. The third-order valence-corrected chi connectivity index (χ3v) is 3.25. The molecule has 0 fully saturated rings. The van der Waals surface area contributed by atoms with E-state index in [1.807, 2.05) is 25.2 Å². The third-order valence-electron chi connectivity index (χ3n) is 3.02. The van der Waals surface area contributed by atoms with Gasteiger partial charge in [0.05, 0.1) is 17.1 Å². The zero-order valence-electron chi connectivity index (χ0n) is 10.7. The van der Waals surface area contributed by atoms with Gasteiger partial charge in [0.2, 0.25) is 0 Å². The molecule has 1 N–H and O–H groups in total. The Bertz CT molecular complexity index is 531. The maximum absolute atomic E-state index is 6.01. The molecule has 0 radical (unpaired) electrons. The molecule has 0 spiro atoms. The van der Waals surface area contributed by atoms with E-state index in [1.54, 1.807) is 0 Å². The number of benzene rings is 1. The highest BCUT2D eigenvalue weighted by atomic mass is 35.5. The standard InChI is InChI=1S/C13H18ClN3/c1-8(2)17-12-6-5-10(14)7-11(12)16-13(17)9(3)15-4/h5-9,15H,1-4H3. The minimum absolute atomic E-state index is 0.226. The first kappa shape index (κ1) is 12.4. The Hall–Kier alpha value is -1.06. The van der Waals surface area contributed by atoms with E-state index in [9.17, 15) is 0 Å². The molecule has 3 nitrogen and oxygen atoms in total. The number of nitrogens with zero attached hydrogens (tertiary/aromatic N) is 2. The van der Waals surface area contributed by atoms with Gasteiger partial charge < -0.3 is 9.88 Å². The van der Waals surface area contributed by atoms with Gasteiger partial charge in [-0.3, -0.25) is 0 Å². The summed E-state index contributed by atoms with van der Waals surface area (Å²) in [6.45, 7) is 6.45. The van der Waals surface area contributed by atoms with Crippen LogP contribution in [0, 0.1) is 0 Å². The molecule has 1 unspecified atom stereocenters. The SMILES string of the molecule is CNC(C)c1nc2cc(Cl)ccc2n1C(C)C. The number of nitrogens with one attached hydrogen (secondary N) is 1. The molecule has 2 aromatic rings. The monoisotopic (exact) mass is 251 g/mol. The Balaban J connectivity index is 2.70. The van der Waals surface area contributed by atoms with E-state index in [1.165, 1.54) is 0 Å². The molecule has 2 rings (SSSR count). The maximum Gasteiger partial charge on any atom is 0.127 e. The minimum atomic E-state index is 0.226. The van der Waals surface area contributed by atoms with Crippen LogP contribution >= 0.6 is 11.6 Å². The molecule has 0 aliphatic heterocycles. The second-order valence-corrected chi connectivity index (χ2v) is 5.01. The fraction of sp³-hybridized carbons (Fsp3) is 0.462. The van der Waals surface area contributed by atoms with Crippen molar-refractivity contribution in [3.05, 3.63) is 29.0 Å². The molecular weight excluding hydrogens is 234 g/mol. The van der Waals surface area contributed by atoms with Gasteiger partial charge in [-0.05, 0) is 46.0 Å². The zero-order valence-corrected chi connectivity index (χ0v) is 11.4. The van der Waals surface area contributed by atoms with Gasteiger partial charge in [-0.15, -0.1) is 0 Å². The molecule has 0 saturated heterocycles. The molecule has 92 valence electrons. The molecule has 1 atom stereocenters. The van der Waals surface area contributed by atoms with Gasteiger partial charge in [0.25, 0.3) is 0 Å². The van der Waals surface area contributed by atoms with Crippen LogP contribution in [-0.2, 0) is 0 Å². The van der Waals surface area contributed by atoms with Gasteiger partial charge in [0, 0.05) is 11.1 Å². The fourth-order valence-corrected chi connectivity index (χ4v) is 2.23. The Morgan fingerprint density at radius 2 is 2.00 bits per heavy atom. The van der Waals surface area contributed by atoms with Crippen LogP contribution in [0.1, 0.15) is 38.7 Å². The highest BCUT2D eigenvalue weighted by Gasteiger charge is 2.17. The molecule has 0 amide bonds. The second kappa shape index (κ2) is 4.67. The predicted molar refractivity (Wildman–Crippen MR) is 72.6 cm³/mol. The molecule has 1 aromatic carbocycles. The van der Waals surface area contributed by atoms with E-state index in [0.29, 0.717) is 6.04 Å². The van der Waals surface area contributed by atoms with E-state index < -0.39 is 0 Å². The summed E-state index contributed by atoms with van der Waals surface area (Å²) in [6.07, 6.45) is 0. The van der Waals surface area contributed by atoms with Gasteiger partial charge in [-0.1, -0.05) is 11.6 Å². The van der Waals surface area contributed by atoms with Crippen molar-refractivity contribution >= 4 is 22.6 Å². The van der Waals surface area contributed by atoms with Crippen molar-refractivity contribution in [3.8, 4) is 0 Å². The Labute approximate surface area is 107 Å².